The van der Waals surface area contributed by atoms with Gasteiger partial charge in [0.2, 0.25) is 10.0 Å². The zero-order valence-electron chi connectivity index (χ0n) is 17.6. The van der Waals surface area contributed by atoms with Gasteiger partial charge in [-0.25, -0.2) is 21.9 Å². The van der Waals surface area contributed by atoms with Crippen LogP contribution in [-0.2, 0) is 10.0 Å². The smallest absolute Gasteiger partial charge is 0.251 e. The Labute approximate surface area is 186 Å². The quantitative estimate of drug-likeness (QED) is 0.555. The van der Waals surface area contributed by atoms with Gasteiger partial charge in [-0.05, 0) is 42.5 Å². The molecule has 0 aromatic heterocycles. The number of nitrogens with zero attached hydrogens (tertiary/aromatic N) is 2. The number of carbonyl (C=O) groups is 1. The molecule has 0 atom stereocenters. The van der Waals surface area contributed by atoms with E-state index in [-0.39, 0.29) is 17.9 Å². The van der Waals surface area contributed by atoms with Crippen molar-refractivity contribution in [3.63, 3.8) is 0 Å². The molecule has 1 aliphatic heterocycles. The molecule has 0 aliphatic carbocycles. The first-order valence-corrected chi connectivity index (χ1v) is 11.7. The summed E-state index contributed by atoms with van der Waals surface area (Å²) in [6.45, 7) is 7.51. The van der Waals surface area contributed by atoms with Crippen LogP contribution >= 0.6 is 0 Å². The third-order valence-electron chi connectivity index (χ3n) is 5.18. The van der Waals surface area contributed by atoms with Crippen LogP contribution in [0.5, 0.6) is 0 Å². The van der Waals surface area contributed by atoms with E-state index in [1.54, 1.807) is 12.1 Å². The van der Waals surface area contributed by atoms with Gasteiger partial charge in [0.25, 0.3) is 5.91 Å². The number of halogens is 2. The number of amides is 1. The Bertz CT molecular complexity index is 1050. The third-order valence-corrected chi connectivity index (χ3v) is 6.62. The summed E-state index contributed by atoms with van der Waals surface area (Å²) in [5, 5.41) is 2.75. The molecule has 0 radical (unpaired) electrons. The molecule has 2 aromatic carbocycles. The Hall–Kier alpha value is -2.82. The number of nitrogens with one attached hydrogen (secondary N) is 2. The third kappa shape index (κ3) is 6.12. The molecule has 2 N–H and O–H groups in total. The van der Waals surface area contributed by atoms with Crippen molar-refractivity contribution in [2.24, 2.45) is 0 Å². The second kappa shape index (κ2) is 10.7. The first-order chi connectivity index (χ1) is 15.3. The maximum Gasteiger partial charge on any atom is 0.251 e. The number of piperazine rings is 1. The second-order valence-corrected chi connectivity index (χ2v) is 9.08. The fourth-order valence-electron chi connectivity index (χ4n) is 3.41. The van der Waals surface area contributed by atoms with Gasteiger partial charge in [-0.1, -0.05) is 6.08 Å². The summed E-state index contributed by atoms with van der Waals surface area (Å²) in [6.07, 6.45) is 1.34. The Morgan fingerprint density at radius 1 is 1.06 bits per heavy atom. The van der Waals surface area contributed by atoms with Crippen molar-refractivity contribution < 1.29 is 22.0 Å². The van der Waals surface area contributed by atoms with Gasteiger partial charge in [0, 0.05) is 57.1 Å². The summed E-state index contributed by atoms with van der Waals surface area (Å²) in [5.41, 5.74) is 1.04. The summed E-state index contributed by atoms with van der Waals surface area (Å²) >= 11 is 0. The predicted octanol–water partition coefficient (Wildman–Crippen LogP) is 1.98. The highest BCUT2D eigenvalue weighted by Crippen LogP contribution is 2.18. The van der Waals surface area contributed by atoms with Crippen LogP contribution in [0.15, 0.2) is 60.0 Å². The summed E-state index contributed by atoms with van der Waals surface area (Å²) in [5.74, 6) is -1.67. The lowest BCUT2D eigenvalue weighted by atomic mass is 10.2. The molecule has 32 heavy (non-hydrogen) atoms. The van der Waals surface area contributed by atoms with E-state index in [1.807, 2.05) is 0 Å². The lowest BCUT2D eigenvalue weighted by Crippen LogP contribution is -2.48. The molecule has 0 unspecified atom stereocenters. The molecule has 0 spiro atoms. The minimum atomic E-state index is -4.09. The average Bonchev–Trinajstić information content (AvgIpc) is 2.79. The fraction of sp³-hybridized carbons (Fsp3) is 0.318. The average molecular weight is 465 g/mol. The van der Waals surface area contributed by atoms with Crippen LogP contribution in [-0.4, -0.2) is 65.0 Å². The van der Waals surface area contributed by atoms with Gasteiger partial charge >= 0.3 is 0 Å². The summed E-state index contributed by atoms with van der Waals surface area (Å²) in [7, 11) is -4.09. The van der Waals surface area contributed by atoms with Gasteiger partial charge in [-0.2, -0.15) is 0 Å². The highest BCUT2D eigenvalue weighted by atomic mass is 32.2. The van der Waals surface area contributed by atoms with E-state index < -0.39 is 26.6 Å². The monoisotopic (exact) mass is 464 g/mol. The number of benzene rings is 2. The number of sulfonamides is 1. The van der Waals surface area contributed by atoms with Gasteiger partial charge in [-0.15, -0.1) is 6.58 Å². The van der Waals surface area contributed by atoms with Crippen molar-refractivity contribution >= 4 is 21.6 Å². The Morgan fingerprint density at radius 2 is 1.75 bits per heavy atom. The van der Waals surface area contributed by atoms with Crippen molar-refractivity contribution in [2.75, 3.05) is 50.7 Å². The van der Waals surface area contributed by atoms with Crippen molar-refractivity contribution in [3.8, 4) is 0 Å². The summed E-state index contributed by atoms with van der Waals surface area (Å²) < 4.78 is 53.7. The SMILES string of the molecule is C=CCNS(=O)(=O)c1cc(C(=O)NCCN2CCN(c3ccc(F)cc3)CC2)ccc1F. The minimum Gasteiger partial charge on any atom is -0.369 e. The highest BCUT2D eigenvalue weighted by molar-refractivity contribution is 7.89. The molecule has 1 amide bonds. The molecule has 172 valence electrons. The lowest BCUT2D eigenvalue weighted by molar-refractivity contribution is 0.0947. The van der Waals surface area contributed by atoms with Gasteiger partial charge < -0.3 is 10.2 Å². The van der Waals surface area contributed by atoms with Crippen LogP contribution in [0, 0.1) is 11.6 Å². The molecule has 0 saturated carbocycles. The minimum absolute atomic E-state index is 0.0490. The normalized spacial score (nSPS) is 14.9. The van der Waals surface area contributed by atoms with E-state index in [0.717, 1.165) is 44.0 Å². The number of anilines is 1. The van der Waals surface area contributed by atoms with Gasteiger partial charge in [0.05, 0.1) is 0 Å². The van der Waals surface area contributed by atoms with Crippen molar-refractivity contribution in [1.82, 2.24) is 14.9 Å². The second-order valence-electron chi connectivity index (χ2n) is 7.35. The molecule has 0 bridgehead atoms. The molecule has 7 nitrogen and oxygen atoms in total. The van der Waals surface area contributed by atoms with Crippen molar-refractivity contribution in [1.29, 1.82) is 0 Å². The Morgan fingerprint density at radius 3 is 2.41 bits per heavy atom. The van der Waals surface area contributed by atoms with Gasteiger partial charge in [0.15, 0.2) is 0 Å². The standard InChI is InChI=1S/C22H26F2N4O3S/c1-2-9-26-32(30,31)21-16-17(3-8-20(21)24)22(29)25-10-11-27-12-14-28(15-13-27)19-6-4-18(23)5-7-19/h2-8,16,26H,1,9-15H2,(H,25,29). The van der Waals surface area contributed by atoms with E-state index in [0.29, 0.717) is 13.1 Å². The number of carbonyl (C=O) groups excluding carboxylic acids is 1. The van der Waals surface area contributed by atoms with Crippen LogP contribution in [0.2, 0.25) is 0 Å². The van der Waals surface area contributed by atoms with Crippen LogP contribution in [0.3, 0.4) is 0 Å². The van der Waals surface area contributed by atoms with Crippen molar-refractivity contribution in [3.05, 3.63) is 72.3 Å². The van der Waals surface area contributed by atoms with Gasteiger partial charge in [0.1, 0.15) is 16.5 Å². The van der Waals surface area contributed by atoms with Crippen LogP contribution in [0.25, 0.3) is 0 Å². The van der Waals surface area contributed by atoms with Crippen LogP contribution in [0.4, 0.5) is 14.5 Å². The molecular weight excluding hydrogens is 438 g/mol. The zero-order chi connectivity index (χ0) is 23.1. The maximum atomic E-state index is 14.0. The van der Waals surface area contributed by atoms with Crippen LogP contribution < -0.4 is 14.9 Å². The van der Waals surface area contributed by atoms with Crippen molar-refractivity contribution in [2.45, 2.75) is 4.90 Å². The Balaban J connectivity index is 1.50. The Kier molecular flexibility index (Phi) is 7.94. The lowest BCUT2D eigenvalue weighted by Gasteiger charge is -2.36. The molecular formula is C22H26F2N4O3S. The van der Waals surface area contributed by atoms with Gasteiger partial charge in [-0.3, -0.25) is 9.69 Å². The summed E-state index contributed by atoms with van der Waals surface area (Å²) in [4.78, 5) is 16.2. The molecule has 2 aromatic rings. The van der Waals surface area contributed by atoms with E-state index in [2.05, 4.69) is 26.4 Å². The fourth-order valence-corrected chi connectivity index (χ4v) is 4.51. The molecule has 1 heterocycles. The topological polar surface area (TPSA) is 81.7 Å². The molecule has 1 fully saturated rings. The van der Waals surface area contributed by atoms with Crippen LogP contribution in [0.1, 0.15) is 10.4 Å². The number of hydrogen-bond acceptors (Lipinski definition) is 5. The van der Waals surface area contributed by atoms with E-state index in [9.17, 15) is 22.0 Å². The summed E-state index contributed by atoms with van der Waals surface area (Å²) in [6, 6.07) is 9.64. The first kappa shape index (κ1) is 23.8. The van der Waals surface area contributed by atoms with E-state index in [4.69, 9.17) is 0 Å². The number of hydrogen-bond donors (Lipinski definition) is 2. The molecule has 10 heteroatoms. The number of rotatable bonds is 9. The van der Waals surface area contributed by atoms with E-state index in [1.165, 1.54) is 24.3 Å². The predicted molar refractivity (Wildman–Crippen MR) is 119 cm³/mol. The molecule has 3 rings (SSSR count). The molecule has 1 saturated heterocycles. The maximum absolute atomic E-state index is 14.0. The highest BCUT2D eigenvalue weighted by Gasteiger charge is 2.21. The molecule has 1 aliphatic rings. The first-order valence-electron chi connectivity index (χ1n) is 10.2. The van der Waals surface area contributed by atoms with E-state index >= 15 is 0 Å². The largest absolute Gasteiger partial charge is 0.369 e. The zero-order valence-corrected chi connectivity index (χ0v) is 18.4.